The van der Waals surface area contributed by atoms with Gasteiger partial charge in [-0.2, -0.15) is 4.31 Å². The van der Waals surface area contributed by atoms with E-state index in [1.54, 1.807) is 23.5 Å². The highest BCUT2D eigenvalue weighted by molar-refractivity contribution is 7.89. The van der Waals surface area contributed by atoms with Gasteiger partial charge >= 0.3 is 0 Å². The molecule has 156 valence electrons. The first-order valence-electron chi connectivity index (χ1n) is 10.4. The lowest BCUT2D eigenvalue weighted by molar-refractivity contribution is 0.232. The van der Waals surface area contributed by atoms with Gasteiger partial charge in [-0.1, -0.05) is 18.6 Å². The van der Waals surface area contributed by atoms with E-state index < -0.39 is 10.0 Å². The minimum absolute atomic E-state index is 0.377. The Kier molecular flexibility index (Phi) is 7.70. The first kappa shape index (κ1) is 21.1. The van der Waals surface area contributed by atoms with Crippen LogP contribution in [0.2, 0.25) is 0 Å². The van der Waals surface area contributed by atoms with Gasteiger partial charge in [0.05, 0.1) is 4.90 Å². The maximum atomic E-state index is 12.6. The van der Waals surface area contributed by atoms with E-state index in [1.807, 2.05) is 12.1 Å². The Bertz CT molecular complexity index is 736. The van der Waals surface area contributed by atoms with E-state index in [0.29, 0.717) is 24.5 Å². The molecule has 2 N–H and O–H groups in total. The highest BCUT2D eigenvalue weighted by atomic mass is 32.2. The highest BCUT2D eigenvalue weighted by Crippen LogP contribution is 2.21. The average Bonchev–Trinajstić information content (AvgIpc) is 3.27. The van der Waals surface area contributed by atoms with Gasteiger partial charge in [0, 0.05) is 39.8 Å². The second-order valence-electron chi connectivity index (χ2n) is 7.51. The average molecular weight is 408 g/mol. The van der Waals surface area contributed by atoms with Gasteiger partial charge in [0.1, 0.15) is 0 Å². The standard InChI is InChI=1S/C20H33N5O2S/c1-21-20(22-11-16-24-12-3-2-4-13-24)23-17-18-7-9-19(10-8-18)28(26,27)25-14-5-6-15-25/h7-10H,2-6,11-17H2,1H3,(H2,21,22,23). The van der Waals surface area contributed by atoms with Crippen molar-refractivity contribution in [2.45, 2.75) is 43.5 Å². The number of rotatable bonds is 7. The smallest absolute Gasteiger partial charge is 0.243 e. The molecule has 0 bridgehead atoms. The van der Waals surface area contributed by atoms with Crippen molar-refractivity contribution < 1.29 is 8.42 Å². The summed E-state index contributed by atoms with van der Waals surface area (Å²) in [6.07, 6.45) is 5.86. The number of guanidine groups is 1. The van der Waals surface area contributed by atoms with Gasteiger partial charge in [-0.25, -0.2) is 8.42 Å². The predicted molar refractivity (Wildman–Crippen MR) is 113 cm³/mol. The molecule has 3 rings (SSSR count). The van der Waals surface area contributed by atoms with E-state index in [9.17, 15) is 8.42 Å². The van der Waals surface area contributed by atoms with Crippen LogP contribution in [0.4, 0.5) is 0 Å². The number of nitrogens with zero attached hydrogens (tertiary/aromatic N) is 3. The summed E-state index contributed by atoms with van der Waals surface area (Å²) in [5, 5.41) is 6.65. The molecular weight excluding hydrogens is 374 g/mol. The first-order chi connectivity index (χ1) is 13.6. The Balaban J connectivity index is 1.45. The van der Waals surface area contributed by atoms with Crippen molar-refractivity contribution in [2.75, 3.05) is 46.3 Å². The van der Waals surface area contributed by atoms with E-state index >= 15 is 0 Å². The normalized spacial score (nSPS) is 19.7. The van der Waals surface area contributed by atoms with Crippen molar-refractivity contribution in [2.24, 2.45) is 4.99 Å². The quantitative estimate of drug-likeness (QED) is 0.531. The minimum Gasteiger partial charge on any atom is -0.355 e. The molecular formula is C20H33N5O2S. The van der Waals surface area contributed by atoms with E-state index in [4.69, 9.17) is 0 Å². The molecule has 0 saturated carbocycles. The van der Waals surface area contributed by atoms with E-state index in [2.05, 4.69) is 20.5 Å². The van der Waals surface area contributed by atoms with Crippen LogP contribution in [0, 0.1) is 0 Å². The molecule has 0 aliphatic carbocycles. The fourth-order valence-electron chi connectivity index (χ4n) is 3.78. The number of likely N-dealkylation sites (tertiary alicyclic amines) is 1. The Morgan fingerprint density at radius 1 is 0.964 bits per heavy atom. The summed E-state index contributed by atoms with van der Waals surface area (Å²) in [6.45, 7) is 6.15. The number of hydrogen-bond donors (Lipinski definition) is 2. The molecule has 0 atom stereocenters. The molecule has 1 aromatic rings. The number of hydrogen-bond acceptors (Lipinski definition) is 4. The van der Waals surface area contributed by atoms with Crippen LogP contribution in [0.5, 0.6) is 0 Å². The van der Waals surface area contributed by atoms with E-state index in [0.717, 1.165) is 37.5 Å². The van der Waals surface area contributed by atoms with Crippen molar-refractivity contribution in [1.82, 2.24) is 19.8 Å². The monoisotopic (exact) mass is 407 g/mol. The van der Waals surface area contributed by atoms with Gasteiger partial charge in [-0.05, 0) is 56.5 Å². The Hall–Kier alpha value is -1.64. The molecule has 0 aromatic heterocycles. The van der Waals surface area contributed by atoms with Gasteiger partial charge in [0.2, 0.25) is 10.0 Å². The number of sulfonamides is 1. The van der Waals surface area contributed by atoms with Crippen LogP contribution in [0.1, 0.15) is 37.7 Å². The zero-order valence-electron chi connectivity index (χ0n) is 16.9. The summed E-state index contributed by atoms with van der Waals surface area (Å²) < 4.78 is 26.7. The number of aliphatic imine (C=N–C) groups is 1. The molecule has 2 aliphatic heterocycles. The largest absolute Gasteiger partial charge is 0.355 e. The summed E-state index contributed by atoms with van der Waals surface area (Å²) in [5.41, 5.74) is 1.03. The molecule has 0 amide bonds. The summed E-state index contributed by atoms with van der Waals surface area (Å²) in [6, 6.07) is 7.16. The molecule has 2 heterocycles. The fraction of sp³-hybridized carbons (Fsp3) is 0.650. The maximum Gasteiger partial charge on any atom is 0.243 e. The third-order valence-electron chi connectivity index (χ3n) is 5.48. The SMILES string of the molecule is CN=C(NCCN1CCCCC1)NCc1ccc(S(=O)(=O)N2CCCC2)cc1. The number of benzene rings is 1. The van der Waals surface area contributed by atoms with Gasteiger partial charge in [0.25, 0.3) is 0 Å². The van der Waals surface area contributed by atoms with Crippen molar-refractivity contribution in [3.05, 3.63) is 29.8 Å². The Labute approximate surface area is 169 Å². The van der Waals surface area contributed by atoms with E-state index in [1.165, 1.54) is 32.4 Å². The van der Waals surface area contributed by atoms with Crippen molar-refractivity contribution in [1.29, 1.82) is 0 Å². The number of nitrogens with one attached hydrogen (secondary N) is 2. The van der Waals surface area contributed by atoms with Crippen molar-refractivity contribution in [3.63, 3.8) is 0 Å². The second-order valence-corrected chi connectivity index (χ2v) is 9.45. The van der Waals surface area contributed by atoms with Crippen LogP contribution in [-0.2, 0) is 16.6 Å². The zero-order chi connectivity index (χ0) is 19.8. The van der Waals surface area contributed by atoms with Gasteiger partial charge in [-0.3, -0.25) is 4.99 Å². The lowest BCUT2D eigenvalue weighted by Crippen LogP contribution is -2.42. The topological polar surface area (TPSA) is 77.0 Å². The third kappa shape index (κ3) is 5.68. The molecule has 0 unspecified atom stereocenters. The molecule has 8 heteroatoms. The predicted octanol–water partition coefficient (Wildman–Crippen LogP) is 1.62. The van der Waals surface area contributed by atoms with Crippen LogP contribution in [-0.4, -0.2) is 69.9 Å². The minimum atomic E-state index is -3.34. The van der Waals surface area contributed by atoms with Crippen LogP contribution in [0.15, 0.2) is 34.2 Å². The lowest BCUT2D eigenvalue weighted by atomic mass is 10.1. The van der Waals surface area contributed by atoms with Gasteiger partial charge < -0.3 is 15.5 Å². The number of piperidine rings is 1. The van der Waals surface area contributed by atoms with Crippen LogP contribution >= 0.6 is 0 Å². The van der Waals surface area contributed by atoms with Crippen LogP contribution < -0.4 is 10.6 Å². The fourth-order valence-corrected chi connectivity index (χ4v) is 5.30. The molecule has 0 spiro atoms. The first-order valence-corrected chi connectivity index (χ1v) is 11.8. The summed E-state index contributed by atoms with van der Waals surface area (Å²) in [5.74, 6) is 0.769. The molecule has 1 aromatic carbocycles. The highest BCUT2D eigenvalue weighted by Gasteiger charge is 2.26. The van der Waals surface area contributed by atoms with Crippen LogP contribution in [0.3, 0.4) is 0 Å². The molecule has 7 nitrogen and oxygen atoms in total. The molecule has 2 fully saturated rings. The van der Waals surface area contributed by atoms with Crippen molar-refractivity contribution in [3.8, 4) is 0 Å². The summed E-state index contributed by atoms with van der Waals surface area (Å²) in [4.78, 5) is 7.13. The molecule has 2 saturated heterocycles. The lowest BCUT2D eigenvalue weighted by Gasteiger charge is -2.26. The molecule has 0 radical (unpaired) electrons. The second kappa shape index (κ2) is 10.2. The van der Waals surface area contributed by atoms with Gasteiger partial charge in [-0.15, -0.1) is 0 Å². The van der Waals surface area contributed by atoms with Gasteiger partial charge in [0.15, 0.2) is 5.96 Å². The third-order valence-corrected chi connectivity index (χ3v) is 7.39. The van der Waals surface area contributed by atoms with E-state index in [-0.39, 0.29) is 0 Å². The molecule has 2 aliphatic rings. The summed E-state index contributed by atoms with van der Waals surface area (Å²) in [7, 11) is -1.58. The van der Waals surface area contributed by atoms with Crippen molar-refractivity contribution >= 4 is 16.0 Å². The van der Waals surface area contributed by atoms with Crippen LogP contribution in [0.25, 0.3) is 0 Å². The Morgan fingerprint density at radius 3 is 2.25 bits per heavy atom. The summed E-state index contributed by atoms with van der Waals surface area (Å²) >= 11 is 0. The molecule has 28 heavy (non-hydrogen) atoms. The maximum absolute atomic E-state index is 12.6. The zero-order valence-corrected chi connectivity index (χ0v) is 17.7. The Morgan fingerprint density at radius 2 is 1.61 bits per heavy atom.